The summed E-state index contributed by atoms with van der Waals surface area (Å²) in [5, 5.41) is 3.34. The lowest BCUT2D eigenvalue weighted by Gasteiger charge is -2.06. The van der Waals surface area contributed by atoms with Gasteiger partial charge in [-0.2, -0.15) is 0 Å². The van der Waals surface area contributed by atoms with E-state index < -0.39 is 0 Å². The first-order chi connectivity index (χ1) is 8.24. The Morgan fingerprint density at radius 1 is 1.24 bits per heavy atom. The predicted octanol–water partition coefficient (Wildman–Crippen LogP) is 2.02. The van der Waals surface area contributed by atoms with E-state index in [9.17, 15) is 0 Å². The molecule has 0 saturated heterocycles. The van der Waals surface area contributed by atoms with Gasteiger partial charge in [0.2, 0.25) is 0 Å². The number of aryl methyl sites for hydroxylation is 1. The van der Waals surface area contributed by atoms with Crippen molar-refractivity contribution in [1.29, 1.82) is 0 Å². The Balaban J connectivity index is 1.85. The van der Waals surface area contributed by atoms with Crippen molar-refractivity contribution < 1.29 is 0 Å². The molecule has 0 aliphatic carbocycles. The molecule has 4 nitrogen and oxygen atoms in total. The third-order valence-corrected chi connectivity index (χ3v) is 2.42. The number of hydrogen-bond acceptors (Lipinski definition) is 4. The largest absolute Gasteiger partial charge is 0.396 e. The van der Waals surface area contributed by atoms with Crippen molar-refractivity contribution in [1.82, 2.24) is 9.97 Å². The Kier molecular flexibility index (Phi) is 3.55. The number of nitrogen functional groups attached to an aromatic ring is 1. The minimum absolute atomic E-state index is 0.598. The first-order valence-corrected chi connectivity index (χ1v) is 5.61. The summed E-state index contributed by atoms with van der Waals surface area (Å²) in [5.74, 6) is 0.805. The van der Waals surface area contributed by atoms with Gasteiger partial charge < -0.3 is 11.1 Å². The van der Waals surface area contributed by atoms with E-state index in [2.05, 4.69) is 40.4 Å². The Hall–Kier alpha value is -2.10. The second kappa shape index (κ2) is 5.30. The Labute approximate surface area is 101 Å². The van der Waals surface area contributed by atoms with E-state index in [1.54, 1.807) is 12.4 Å². The van der Waals surface area contributed by atoms with Crippen LogP contribution < -0.4 is 11.1 Å². The van der Waals surface area contributed by atoms with Crippen LogP contribution in [0.1, 0.15) is 11.4 Å². The maximum absolute atomic E-state index is 5.52. The molecule has 17 heavy (non-hydrogen) atoms. The van der Waals surface area contributed by atoms with Crippen molar-refractivity contribution in [2.45, 2.75) is 13.3 Å². The topological polar surface area (TPSA) is 63.8 Å². The lowest BCUT2D eigenvalue weighted by molar-refractivity contribution is 0.895. The number of nitrogens with zero attached hydrogens (tertiary/aromatic N) is 2. The van der Waals surface area contributed by atoms with E-state index in [0.717, 1.165) is 24.5 Å². The van der Waals surface area contributed by atoms with E-state index in [0.29, 0.717) is 5.69 Å². The van der Waals surface area contributed by atoms with E-state index >= 15 is 0 Å². The summed E-state index contributed by atoms with van der Waals surface area (Å²) in [5.41, 5.74) is 8.49. The van der Waals surface area contributed by atoms with Crippen LogP contribution in [-0.2, 0) is 6.42 Å². The third-order valence-electron chi connectivity index (χ3n) is 2.42. The van der Waals surface area contributed by atoms with Crippen LogP contribution in [0.5, 0.6) is 0 Å². The Morgan fingerprint density at radius 2 is 2.00 bits per heavy atom. The van der Waals surface area contributed by atoms with Crippen molar-refractivity contribution in [3.63, 3.8) is 0 Å². The molecule has 88 valence electrons. The van der Waals surface area contributed by atoms with Crippen LogP contribution in [0.25, 0.3) is 0 Å². The molecule has 0 bridgehead atoms. The Morgan fingerprint density at radius 3 is 2.71 bits per heavy atom. The predicted molar refractivity (Wildman–Crippen MR) is 69.8 cm³/mol. The number of hydrogen-bond donors (Lipinski definition) is 2. The molecule has 1 heterocycles. The zero-order chi connectivity index (χ0) is 12.1. The SMILES string of the molecule is Cc1cccc(NCCc2ncc(N)cn2)c1. The second-order valence-corrected chi connectivity index (χ2v) is 3.98. The number of anilines is 2. The fraction of sp³-hybridized carbons (Fsp3) is 0.231. The smallest absolute Gasteiger partial charge is 0.130 e. The van der Waals surface area contributed by atoms with Crippen molar-refractivity contribution in [3.05, 3.63) is 48.0 Å². The highest BCUT2D eigenvalue weighted by Gasteiger charge is 1.97. The van der Waals surface area contributed by atoms with Gasteiger partial charge in [-0.25, -0.2) is 9.97 Å². The van der Waals surface area contributed by atoms with Crippen molar-refractivity contribution >= 4 is 11.4 Å². The zero-order valence-corrected chi connectivity index (χ0v) is 9.85. The molecule has 0 saturated carbocycles. The number of benzene rings is 1. The summed E-state index contributed by atoms with van der Waals surface area (Å²) >= 11 is 0. The first kappa shape index (κ1) is 11.4. The number of nitrogens with two attached hydrogens (primary N) is 1. The Bertz CT molecular complexity index is 479. The van der Waals surface area contributed by atoms with Gasteiger partial charge in [-0.05, 0) is 24.6 Å². The number of rotatable bonds is 4. The molecule has 0 aliphatic heterocycles. The monoisotopic (exact) mass is 228 g/mol. The van der Waals surface area contributed by atoms with Gasteiger partial charge in [-0.15, -0.1) is 0 Å². The van der Waals surface area contributed by atoms with Crippen LogP contribution in [-0.4, -0.2) is 16.5 Å². The fourth-order valence-electron chi connectivity index (χ4n) is 1.57. The zero-order valence-electron chi connectivity index (χ0n) is 9.85. The molecule has 0 fully saturated rings. The van der Waals surface area contributed by atoms with Gasteiger partial charge in [0.25, 0.3) is 0 Å². The summed E-state index contributed by atoms with van der Waals surface area (Å²) in [4.78, 5) is 8.30. The molecule has 0 atom stereocenters. The highest BCUT2D eigenvalue weighted by atomic mass is 14.9. The normalized spacial score (nSPS) is 10.2. The number of nitrogens with one attached hydrogen (secondary N) is 1. The summed E-state index contributed by atoms with van der Waals surface area (Å²) in [6.45, 7) is 2.89. The summed E-state index contributed by atoms with van der Waals surface area (Å²) in [6, 6.07) is 8.28. The molecule has 0 unspecified atom stereocenters. The first-order valence-electron chi connectivity index (χ1n) is 5.61. The number of aromatic nitrogens is 2. The molecular formula is C13H16N4. The van der Waals surface area contributed by atoms with Gasteiger partial charge in [0.15, 0.2) is 0 Å². The van der Waals surface area contributed by atoms with Gasteiger partial charge in [0.05, 0.1) is 18.1 Å². The lowest BCUT2D eigenvalue weighted by atomic mass is 10.2. The second-order valence-electron chi connectivity index (χ2n) is 3.98. The average molecular weight is 228 g/mol. The van der Waals surface area contributed by atoms with Crippen LogP contribution in [0, 0.1) is 6.92 Å². The van der Waals surface area contributed by atoms with Gasteiger partial charge in [0, 0.05) is 18.7 Å². The minimum Gasteiger partial charge on any atom is -0.396 e. The van der Waals surface area contributed by atoms with Crippen LogP contribution in [0.4, 0.5) is 11.4 Å². The molecule has 1 aromatic heterocycles. The molecule has 4 heteroatoms. The molecule has 0 amide bonds. The van der Waals surface area contributed by atoms with Crippen LogP contribution in [0.15, 0.2) is 36.7 Å². The van der Waals surface area contributed by atoms with Crippen LogP contribution in [0.3, 0.4) is 0 Å². The van der Waals surface area contributed by atoms with Crippen LogP contribution in [0.2, 0.25) is 0 Å². The highest BCUT2D eigenvalue weighted by Crippen LogP contribution is 2.09. The van der Waals surface area contributed by atoms with Gasteiger partial charge >= 0.3 is 0 Å². The molecule has 3 N–H and O–H groups in total. The van der Waals surface area contributed by atoms with E-state index in [1.165, 1.54) is 5.56 Å². The molecule has 0 spiro atoms. The molecule has 2 rings (SSSR count). The van der Waals surface area contributed by atoms with Gasteiger partial charge in [-0.3, -0.25) is 0 Å². The minimum atomic E-state index is 0.598. The van der Waals surface area contributed by atoms with Gasteiger partial charge in [0.1, 0.15) is 5.82 Å². The standard InChI is InChI=1S/C13H16N4/c1-10-3-2-4-12(7-10)15-6-5-13-16-8-11(14)9-17-13/h2-4,7-9,15H,5-6,14H2,1H3. The van der Waals surface area contributed by atoms with E-state index in [1.807, 2.05) is 6.07 Å². The van der Waals surface area contributed by atoms with Crippen molar-refractivity contribution in [2.24, 2.45) is 0 Å². The summed E-state index contributed by atoms with van der Waals surface area (Å²) in [7, 11) is 0. The molecule has 1 aromatic carbocycles. The summed E-state index contributed by atoms with van der Waals surface area (Å²) in [6.07, 6.45) is 4.05. The average Bonchev–Trinajstić information content (AvgIpc) is 2.32. The molecular weight excluding hydrogens is 212 g/mol. The maximum atomic E-state index is 5.52. The molecule has 0 aliphatic rings. The molecule has 2 aromatic rings. The van der Waals surface area contributed by atoms with Crippen molar-refractivity contribution in [3.8, 4) is 0 Å². The van der Waals surface area contributed by atoms with E-state index in [-0.39, 0.29) is 0 Å². The van der Waals surface area contributed by atoms with Crippen molar-refractivity contribution in [2.75, 3.05) is 17.6 Å². The molecule has 0 radical (unpaired) electrons. The quantitative estimate of drug-likeness (QED) is 0.840. The third kappa shape index (κ3) is 3.45. The van der Waals surface area contributed by atoms with Gasteiger partial charge in [-0.1, -0.05) is 12.1 Å². The highest BCUT2D eigenvalue weighted by molar-refractivity contribution is 5.45. The summed E-state index contributed by atoms with van der Waals surface area (Å²) < 4.78 is 0. The lowest BCUT2D eigenvalue weighted by Crippen LogP contribution is -2.07. The van der Waals surface area contributed by atoms with E-state index in [4.69, 9.17) is 5.73 Å². The maximum Gasteiger partial charge on any atom is 0.130 e. The fourth-order valence-corrected chi connectivity index (χ4v) is 1.57. The van der Waals surface area contributed by atoms with Crippen LogP contribution >= 0.6 is 0 Å².